The Morgan fingerprint density at radius 2 is 1.57 bits per heavy atom. The molecule has 134 valence electrons. The van der Waals surface area contributed by atoms with Gasteiger partial charge in [-0.1, -0.05) is 48.5 Å². The number of hydrogen-bond donors (Lipinski definition) is 1. The van der Waals surface area contributed by atoms with Crippen LogP contribution in [0.15, 0.2) is 72.8 Å². The van der Waals surface area contributed by atoms with E-state index in [0.29, 0.717) is 17.3 Å². The fraction of sp³-hybridized carbons (Fsp3) is 0.0870. The van der Waals surface area contributed by atoms with Gasteiger partial charge in [0.15, 0.2) is 11.7 Å². The van der Waals surface area contributed by atoms with Gasteiger partial charge in [0.05, 0.1) is 23.0 Å². The maximum atomic E-state index is 13.6. The highest BCUT2D eigenvalue weighted by Crippen LogP contribution is 2.45. The largest absolute Gasteiger partial charge is 0.457 e. The van der Waals surface area contributed by atoms with Crippen LogP contribution in [0.2, 0.25) is 0 Å². The average molecular weight is 365 g/mol. The van der Waals surface area contributed by atoms with Crippen molar-refractivity contribution in [2.75, 3.05) is 0 Å². The molecular weight excluding hydrogens is 350 g/mol. The van der Waals surface area contributed by atoms with E-state index in [-0.39, 0.29) is 5.78 Å². The van der Waals surface area contributed by atoms with Crippen molar-refractivity contribution in [2.24, 2.45) is 0 Å². The molecular formula is C23H15N3O2. The van der Waals surface area contributed by atoms with E-state index >= 15 is 0 Å². The Hall–Kier alpha value is -3.91. The van der Waals surface area contributed by atoms with Crippen molar-refractivity contribution in [3.8, 4) is 17.6 Å². The second-order valence-electron chi connectivity index (χ2n) is 6.71. The second-order valence-corrected chi connectivity index (χ2v) is 6.71. The molecule has 0 radical (unpaired) electrons. The first-order chi connectivity index (χ1) is 13.8. The lowest BCUT2D eigenvalue weighted by atomic mass is 9.80. The first-order valence-corrected chi connectivity index (χ1v) is 9.00. The quantitative estimate of drug-likeness (QED) is 0.572. The topological polar surface area (TPSA) is 78.8 Å². The van der Waals surface area contributed by atoms with Crippen LogP contribution in [0.1, 0.15) is 28.8 Å². The number of aromatic nitrogens is 2. The number of imidazole rings is 1. The number of fused-ring (bicyclic) bond motifs is 3. The molecule has 0 fully saturated rings. The van der Waals surface area contributed by atoms with E-state index in [1.807, 2.05) is 72.8 Å². The van der Waals surface area contributed by atoms with Crippen molar-refractivity contribution in [1.82, 2.24) is 9.97 Å². The minimum atomic E-state index is -1.00. The van der Waals surface area contributed by atoms with E-state index in [2.05, 4.69) is 16.0 Å². The fourth-order valence-electron chi connectivity index (χ4n) is 3.75. The Bertz CT molecular complexity index is 1170. The summed E-state index contributed by atoms with van der Waals surface area (Å²) in [5.74, 6) is -0.155. The summed E-state index contributed by atoms with van der Waals surface area (Å²) in [6, 6.07) is 24.6. The number of para-hydroxylation sites is 4. The van der Waals surface area contributed by atoms with Gasteiger partial charge in [0.1, 0.15) is 17.3 Å². The number of nitrogens with zero attached hydrogens (tertiary/aromatic N) is 2. The molecule has 0 amide bonds. The summed E-state index contributed by atoms with van der Waals surface area (Å²) in [7, 11) is 0. The van der Waals surface area contributed by atoms with Gasteiger partial charge in [-0.25, -0.2) is 4.98 Å². The smallest absolute Gasteiger partial charge is 0.169 e. The molecule has 1 atom stereocenters. The first-order valence-electron chi connectivity index (χ1n) is 9.00. The molecule has 5 nitrogen and oxygen atoms in total. The summed E-state index contributed by atoms with van der Waals surface area (Å²) < 4.78 is 5.97. The van der Waals surface area contributed by atoms with Gasteiger partial charge in [0.2, 0.25) is 0 Å². The van der Waals surface area contributed by atoms with Crippen LogP contribution in [0.4, 0.5) is 0 Å². The molecule has 5 heteroatoms. The Labute approximate surface area is 161 Å². The number of benzene rings is 3. The van der Waals surface area contributed by atoms with Gasteiger partial charge in [-0.3, -0.25) is 4.79 Å². The van der Waals surface area contributed by atoms with E-state index < -0.39 is 11.8 Å². The highest BCUT2D eigenvalue weighted by molar-refractivity contribution is 5.98. The van der Waals surface area contributed by atoms with Crippen molar-refractivity contribution in [1.29, 1.82) is 5.26 Å². The summed E-state index contributed by atoms with van der Waals surface area (Å²) in [5, 5.41) is 9.84. The molecule has 0 saturated heterocycles. The zero-order valence-corrected chi connectivity index (χ0v) is 14.8. The van der Waals surface area contributed by atoms with Gasteiger partial charge in [0, 0.05) is 11.1 Å². The first kappa shape index (κ1) is 16.3. The molecule has 1 unspecified atom stereocenters. The van der Waals surface area contributed by atoms with Crippen molar-refractivity contribution >= 4 is 16.8 Å². The van der Waals surface area contributed by atoms with Crippen LogP contribution >= 0.6 is 0 Å². The van der Waals surface area contributed by atoms with E-state index in [0.717, 1.165) is 22.2 Å². The van der Waals surface area contributed by atoms with E-state index in [4.69, 9.17) is 4.74 Å². The Balaban J connectivity index is 1.63. The van der Waals surface area contributed by atoms with Crippen LogP contribution in [0, 0.1) is 11.3 Å². The third kappa shape index (κ3) is 2.47. The van der Waals surface area contributed by atoms with Gasteiger partial charge in [0.25, 0.3) is 0 Å². The summed E-state index contributed by atoms with van der Waals surface area (Å²) in [5.41, 5.74) is 3.07. The summed E-state index contributed by atoms with van der Waals surface area (Å²) in [6.45, 7) is 0. The molecule has 2 heterocycles. The van der Waals surface area contributed by atoms with Crippen LogP contribution in [-0.2, 0) is 4.79 Å². The SMILES string of the molecule is N#CC(C(=O)C1c2ccccc2Oc2ccccc21)c1nc2ccccc2[nH]1. The van der Waals surface area contributed by atoms with E-state index in [1.165, 1.54) is 0 Å². The number of hydrogen-bond acceptors (Lipinski definition) is 4. The number of nitrogens with one attached hydrogen (secondary N) is 1. The van der Waals surface area contributed by atoms with Gasteiger partial charge < -0.3 is 9.72 Å². The van der Waals surface area contributed by atoms with Crippen LogP contribution in [-0.4, -0.2) is 15.8 Å². The minimum absolute atomic E-state index is 0.218. The highest BCUT2D eigenvalue weighted by atomic mass is 16.5. The molecule has 1 aromatic heterocycles. The Kier molecular flexibility index (Phi) is 3.70. The number of H-pyrrole nitrogens is 1. The lowest BCUT2D eigenvalue weighted by Crippen LogP contribution is -2.24. The number of ketones is 1. The predicted molar refractivity (Wildman–Crippen MR) is 104 cm³/mol. The molecule has 0 spiro atoms. The van der Waals surface area contributed by atoms with Crippen molar-refractivity contribution in [3.05, 3.63) is 89.7 Å². The number of carbonyl (C=O) groups excluding carboxylic acids is 1. The second kappa shape index (κ2) is 6.36. The van der Waals surface area contributed by atoms with Crippen LogP contribution in [0.5, 0.6) is 11.5 Å². The van der Waals surface area contributed by atoms with Gasteiger partial charge in [-0.15, -0.1) is 0 Å². The summed E-state index contributed by atoms with van der Waals surface area (Å²) in [6.07, 6.45) is 0. The zero-order valence-electron chi connectivity index (χ0n) is 14.8. The lowest BCUT2D eigenvalue weighted by Gasteiger charge is -2.28. The molecule has 28 heavy (non-hydrogen) atoms. The van der Waals surface area contributed by atoms with Crippen LogP contribution in [0.3, 0.4) is 0 Å². The van der Waals surface area contributed by atoms with Crippen molar-refractivity contribution in [2.45, 2.75) is 11.8 Å². The average Bonchev–Trinajstić information content (AvgIpc) is 3.16. The molecule has 3 aromatic carbocycles. The Morgan fingerprint density at radius 3 is 2.21 bits per heavy atom. The maximum Gasteiger partial charge on any atom is 0.169 e. The number of nitriles is 1. The van der Waals surface area contributed by atoms with Gasteiger partial charge >= 0.3 is 0 Å². The highest BCUT2D eigenvalue weighted by Gasteiger charge is 2.38. The summed E-state index contributed by atoms with van der Waals surface area (Å²) in [4.78, 5) is 21.2. The lowest BCUT2D eigenvalue weighted by molar-refractivity contribution is -0.120. The van der Waals surface area contributed by atoms with Gasteiger partial charge in [-0.05, 0) is 24.3 Å². The maximum absolute atomic E-state index is 13.6. The minimum Gasteiger partial charge on any atom is -0.457 e. The molecule has 5 rings (SSSR count). The molecule has 1 aliphatic heterocycles. The molecule has 4 aromatic rings. The monoisotopic (exact) mass is 365 g/mol. The molecule has 0 aliphatic carbocycles. The number of aromatic amines is 1. The van der Waals surface area contributed by atoms with E-state index in [9.17, 15) is 10.1 Å². The molecule has 0 saturated carbocycles. The van der Waals surface area contributed by atoms with Gasteiger partial charge in [-0.2, -0.15) is 5.26 Å². The van der Waals surface area contributed by atoms with Crippen LogP contribution < -0.4 is 4.74 Å². The zero-order chi connectivity index (χ0) is 19.1. The third-order valence-electron chi connectivity index (χ3n) is 5.06. The molecule has 1 aliphatic rings. The fourth-order valence-corrected chi connectivity index (χ4v) is 3.75. The third-order valence-corrected chi connectivity index (χ3v) is 5.06. The summed E-state index contributed by atoms with van der Waals surface area (Å²) >= 11 is 0. The van der Waals surface area contributed by atoms with Crippen molar-refractivity contribution in [3.63, 3.8) is 0 Å². The van der Waals surface area contributed by atoms with E-state index in [1.54, 1.807) is 0 Å². The number of Topliss-reactive ketones (excluding diaryl/α,β-unsaturated/α-hetero) is 1. The number of rotatable bonds is 3. The Morgan fingerprint density at radius 1 is 0.964 bits per heavy atom. The number of carbonyl (C=O) groups is 1. The standard InChI is InChI=1S/C23H15N3O2/c24-13-16(23-25-17-9-3-4-10-18(17)26-23)22(27)21-14-7-1-5-11-19(14)28-20-12-6-2-8-15(20)21/h1-12,16,21H,(H,25,26). The normalized spacial score (nSPS) is 13.8. The van der Waals surface area contributed by atoms with Crippen molar-refractivity contribution < 1.29 is 9.53 Å². The molecule has 0 bridgehead atoms. The number of ether oxygens (including phenoxy) is 1. The molecule has 1 N–H and O–H groups in total. The predicted octanol–water partition coefficient (Wildman–Crippen LogP) is 4.68. The van der Waals surface area contributed by atoms with Crippen LogP contribution in [0.25, 0.3) is 11.0 Å².